The molecular formula is C12H14N2O3. The fourth-order valence-corrected chi connectivity index (χ4v) is 1.41. The van der Waals surface area contributed by atoms with Gasteiger partial charge >= 0.3 is 6.01 Å². The maximum atomic E-state index is 5.33. The second-order valence-electron chi connectivity index (χ2n) is 3.42. The first-order valence-electron chi connectivity index (χ1n) is 5.26. The Hall–Kier alpha value is -1.88. The van der Waals surface area contributed by atoms with E-state index in [1.165, 1.54) is 0 Å². The van der Waals surface area contributed by atoms with Crippen molar-refractivity contribution in [2.24, 2.45) is 0 Å². The molecular weight excluding hydrogens is 220 g/mol. The van der Waals surface area contributed by atoms with E-state index in [2.05, 4.69) is 9.97 Å². The number of aromatic nitrogens is 2. The molecule has 2 rings (SSSR count). The minimum absolute atomic E-state index is 0.361. The van der Waals surface area contributed by atoms with Gasteiger partial charge in [-0.3, -0.25) is 0 Å². The van der Waals surface area contributed by atoms with Crippen LogP contribution in [0.25, 0.3) is 10.9 Å². The molecule has 90 valence electrons. The Bertz CT molecular complexity index is 502. The highest BCUT2D eigenvalue weighted by atomic mass is 16.5. The van der Waals surface area contributed by atoms with Crippen LogP contribution >= 0.6 is 0 Å². The number of hydrogen-bond acceptors (Lipinski definition) is 5. The molecule has 2 aromatic rings. The molecule has 5 nitrogen and oxygen atoms in total. The molecule has 0 saturated carbocycles. The van der Waals surface area contributed by atoms with E-state index in [1.807, 2.05) is 18.2 Å². The third kappa shape index (κ3) is 2.82. The second kappa shape index (κ2) is 5.45. The Kier molecular flexibility index (Phi) is 3.72. The predicted molar refractivity (Wildman–Crippen MR) is 63.5 cm³/mol. The Morgan fingerprint density at radius 1 is 1.18 bits per heavy atom. The van der Waals surface area contributed by atoms with Crippen molar-refractivity contribution in [1.29, 1.82) is 0 Å². The fourth-order valence-electron chi connectivity index (χ4n) is 1.41. The molecule has 0 saturated heterocycles. The van der Waals surface area contributed by atoms with E-state index >= 15 is 0 Å². The van der Waals surface area contributed by atoms with Gasteiger partial charge < -0.3 is 14.2 Å². The van der Waals surface area contributed by atoms with Crippen molar-refractivity contribution in [1.82, 2.24) is 9.97 Å². The van der Waals surface area contributed by atoms with Gasteiger partial charge in [0.2, 0.25) is 0 Å². The minimum atomic E-state index is 0.361. The topological polar surface area (TPSA) is 53.5 Å². The molecule has 0 aliphatic rings. The first-order valence-corrected chi connectivity index (χ1v) is 5.26. The van der Waals surface area contributed by atoms with Gasteiger partial charge in [-0.2, -0.15) is 4.98 Å². The number of hydrogen-bond donors (Lipinski definition) is 0. The predicted octanol–water partition coefficient (Wildman–Crippen LogP) is 1.66. The lowest BCUT2D eigenvalue weighted by atomic mass is 10.2. The van der Waals surface area contributed by atoms with Crippen LogP contribution < -0.4 is 9.47 Å². The van der Waals surface area contributed by atoms with Crippen LogP contribution in [0.2, 0.25) is 0 Å². The summed E-state index contributed by atoms with van der Waals surface area (Å²) in [6.45, 7) is 0.960. The highest BCUT2D eigenvalue weighted by molar-refractivity contribution is 5.79. The van der Waals surface area contributed by atoms with Crippen LogP contribution in [0.4, 0.5) is 0 Å². The summed E-state index contributed by atoms with van der Waals surface area (Å²) in [6.07, 6.45) is 1.72. The molecule has 0 spiro atoms. The molecule has 17 heavy (non-hydrogen) atoms. The van der Waals surface area contributed by atoms with Crippen LogP contribution in [-0.4, -0.2) is 37.4 Å². The van der Waals surface area contributed by atoms with E-state index in [0.29, 0.717) is 19.2 Å². The average molecular weight is 234 g/mol. The van der Waals surface area contributed by atoms with Gasteiger partial charge in [0, 0.05) is 18.7 Å². The van der Waals surface area contributed by atoms with Gasteiger partial charge in [0.05, 0.1) is 19.2 Å². The number of benzene rings is 1. The SMILES string of the molecule is COCCOc1ncc2cc(OC)ccc2n1. The minimum Gasteiger partial charge on any atom is -0.497 e. The Morgan fingerprint density at radius 2 is 2.06 bits per heavy atom. The Labute approximate surface area is 99.4 Å². The molecule has 0 unspecified atom stereocenters. The quantitative estimate of drug-likeness (QED) is 0.736. The van der Waals surface area contributed by atoms with Crippen LogP contribution in [0.1, 0.15) is 0 Å². The van der Waals surface area contributed by atoms with E-state index in [-0.39, 0.29) is 0 Å². The molecule has 1 aromatic heterocycles. The summed E-state index contributed by atoms with van der Waals surface area (Å²) in [5.74, 6) is 0.786. The van der Waals surface area contributed by atoms with Crippen molar-refractivity contribution in [2.75, 3.05) is 27.4 Å². The fraction of sp³-hybridized carbons (Fsp3) is 0.333. The Balaban J connectivity index is 2.19. The molecule has 1 heterocycles. The summed E-state index contributed by atoms with van der Waals surface area (Å²) in [5.41, 5.74) is 0.827. The first kappa shape index (κ1) is 11.6. The first-order chi connectivity index (χ1) is 8.33. The van der Waals surface area contributed by atoms with Gasteiger partial charge in [-0.25, -0.2) is 4.98 Å². The molecule has 0 radical (unpaired) electrons. The van der Waals surface area contributed by atoms with E-state index in [9.17, 15) is 0 Å². The van der Waals surface area contributed by atoms with Crippen LogP contribution in [0.5, 0.6) is 11.8 Å². The van der Waals surface area contributed by atoms with E-state index in [0.717, 1.165) is 16.7 Å². The Morgan fingerprint density at radius 3 is 2.82 bits per heavy atom. The molecule has 0 aliphatic carbocycles. The number of fused-ring (bicyclic) bond motifs is 1. The summed E-state index contributed by atoms with van der Waals surface area (Å²) in [6, 6.07) is 5.97. The molecule has 0 N–H and O–H groups in total. The zero-order valence-corrected chi connectivity index (χ0v) is 9.84. The molecule has 0 bridgehead atoms. The third-order valence-electron chi connectivity index (χ3n) is 2.28. The maximum Gasteiger partial charge on any atom is 0.316 e. The number of ether oxygens (including phenoxy) is 3. The lowest BCUT2D eigenvalue weighted by molar-refractivity contribution is 0.141. The summed E-state index contributed by atoms with van der Waals surface area (Å²) in [5, 5.41) is 0.920. The number of methoxy groups -OCH3 is 2. The molecule has 0 atom stereocenters. The molecule has 0 aliphatic heterocycles. The van der Waals surface area contributed by atoms with Crippen LogP contribution in [0.3, 0.4) is 0 Å². The highest BCUT2D eigenvalue weighted by Crippen LogP contribution is 2.19. The van der Waals surface area contributed by atoms with Gasteiger partial charge in [0.15, 0.2) is 0 Å². The average Bonchev–Trinajstić information content (AvgIpc) is 2.38. The normalized spacial score (nSPS) is 10.5. The van der Waals surface area contributed by atoms with E-state index in [4.69, 9.17) is 14.2 Å². The summed E-state index contributed by atoms with van der Waals surface area (Å²) in [7, 11) is 3.25. The van der Waals surface area contributed by atoms with Gasteiger partial charge in [-0.15, -0.1) is 0 Å². The van der Waals surface area contributed by atoms with Crippen LogP contribution in [0.15, 0.2) is 24.4 Å². The van der Waals surface area contributed by atoms with Crippen molar-refractivity contribution in [3.8, 4) is 11.8 Å². The molecule has 0 amide bonds. The second-order valence-corrected chi connectivity index (χ2v) is 3.42. The van der Waals surface area contributed by atoms with Gasteiger partial charge in [0.25, 0.3) is 0 Å². The maximum absolute atomic E-state index is 5.33. The van der Waals surface area contributed by atoms with Crippen molar-refractivity contribution in [3.05, 3.63) is 24.4 Å². The molecule has 0 fully saturated rings. The summed E-state index contributed by atoms with van der Waals surface area (Å²) >= 11 is 0. The van der Waals surface area contributed by atoms with Gasteiger partial charge in [-0.1, -0.05) is 0 Å². The zero-order chi connectivity index (χ0) is 12.1. The molecule has 5 heteroatoms. The standard InChI is InChI=1S/C12H14N2O3/c1-15-5-6-17-12-13-8-9-7-10(16-2)3-4-11(9)14-12/h3-4,7-8H,5-6H2,1-2H3. The molecule has 1 aromatic carbocycles. The third-order valence-corrected chi connectivity index (χ3v) is 2.28. The number of rotatable bonds is 5. The van der Waals surface area contributed by atoms with Crippen LogP contribution in [-0.2, 0) is 4.74 Å². The highest BCUT2D eigenvalue weighted by Gasteiger charge is 2.02. The largest absolute Gasteiger partial charge is 0.497 e. The lowest BCUT2D eigenvalue weighted by Gasteiger charge is -2.05. The number of nitrogens with zero attached hydrogens (tertiary/aromatic N) is 2. The summed E-state index contributed by atoms with van der Waals surface area (Å²) < 4.78 is 15.3. The van der Waals surface area contributed by atoms with E-state index in [1.54, 1.807) is 20.4 Å². The van der Waals surface area contributed by atoms with Crippen molar-refractivity contribution < 1.29 is 14.2 Å². The lowest BCUT2D eigenvalue weighted by Crippen LogP contribution is -2.06. The van der Waals surface area contributed by atoms with Gasteiger partial charge in [-0.05, 0) is 18.2 Å². The zero-order valence-electron chi connectivity index (χ0n) is 9.84. The monoisotopic (exact) mass is 234 g/mol. The smallest absolute Gasteiger partial charge is 0.316 e. The van der Waals surface area contributed by atoms with Crippen LogP contribution in [0, 0.1) is 0 Å². The van der Waals surface area contributed by atoms with Crippen molar-refractivity contribution in [2.45, 2.75) is 0 Å². The van der Waals surface area contributed by atoms with Crippen molar-refractivity contribution in [3.63, 3.8) is 0 Å². The van der Waals surface area contributed by atoms with E-state index < -0.39 is 0 Å². The summed E-state index contributed by atoms with van der Waals surface area (Å²) in [4.78, 5) is 8.39. The van der Waals surface area contributed by atoms with Crippen molar-refractivity contribution >= 4 is 10.9 Å². The van der Waals surface area contributed by atoms with Gasteiger partial charge in [0.1, 0.15) is 12.4 Å².